The van der Waals surface area contributed by atoms with E-state index in [2.05, 4.69) is 66.6 Å². The zero-order chi connectivity index (χ0) is 35.7. The van der Waals surface area contributed by atoms with Crippen LogP contribution < -0.4 is 10.1 Å². The number of nitrogens with one attached hydrogen (secondary N) is 1. The fourth-order valence-electron chi connectivity index (χ4n) is 6.54. The van der Waals surface area contributed by atoms with Crippen LogP contribution in [-0.2, 0) is 21.7 Å². The van der Waals surface area contributed by atoms with Crippen LogP contribution in [0.25, 0.3) is 11.1 Å². The quantitative estimate of drug-likeness (QED) is 0.123. The number of carbonyl (C=O) groups excluding carboxylic acids is 2. The standard InChI is InChI=1S/C41H56N4O5/c1-29(10-9-14-39(48)45(27-40(49)44(3)4)23-8-7-11-33(47)28-46)31-16-15-30(2)32(24-31)25-43-41(20-21-41)37-26-42-22-19-35(37)36-12-5-6-13-38(36)50-34-17-18-34/h5-6,12-13,15-16,19,22,24,26,29,33-34,43,46-47H,7-11,14,17-18,20-21,23,25,27-28H2,1-4H3. The highest BCUT2D eigenvalue weighted by atomic mass is 16.5. The second-order valence-electron chi connectivity index (χ2n) is 14.6. The van der Waals surface area contributed by atoms with Crippen molar-refractivity contribution in [2.45, 2.75) is 108 Å². The van der Waals surface area contributed by atoms with Crippen LogP contribution >= 0.6 is 0 Å². The Morgan fingerprint density at radius 2 is 1.80 bits per heavy atom. The Labute approximate surface area is 298 Å². The predicted molar refractivity (Wildman–Crippen MR) is 197 cm³/mol. The SMILES string of the molecule is Cc1ccc(C(C)CCCC(=O)N(CCCCC(O)CO)CC(=O)N(C)C)cc1CNC1(c2cnccc2-c2ccccc2OC2CC2)CC1. The van der Waals surface area contributed by atoms with Crippen LogP contribution in [0.2, 0.25) is 0 Å². The highest BCUT2D eigenvalue weighted by molar-refractivity contribution is 5.84. The molecule has 2 aromatic carbocycles. The van der Waals surface area contributed by atoms with E-state index in [4.69, 9.17) is 9.84 Å². The number of nitrogens with zero attached hydrogens (tertiary/aromatic N) is 3. The molecule has 5 rings (SSSR count). The molecule has 3 aromatic rings. The molecular formula is C41H56N4O5. The molecule has 2 aliphatic rings. The van der Waals surface area contributed by atoms with E-state index in [0.717, 1.165) is 56.4 Å². The van der Waals surface area contributed by atoms with Crippen LogP contribution in [-0.4, -0.2) is 82.8 Å². The molecule has 0 spiro atoms. The fourth-order valence-corrected chi connectivity index (χ4v) is 6.54. The maximum absolute atomic E-state index is 13.2. The van der Waals surface area contributed by atoms with E-state index in [1.807, 2.05) is 18.5 Å². The second-order valence-corrected chi connectivity index (χ2v) is 14.6. The molecule has 1 aromatic heterocycles. The van der Waals surface area contributed by atoms with Gasteiger partial charge in [-0.3, -0.25) is 14.6 Å². The lowest BCUT2D eigenvalue weighted by atomic mass is 9.91. The number of rotatable bonds is 20. The number of aromatic nitrogens is 1. The van der Waals surface area contributed by atoms with Gasteiger partial charge in [-0.1, -0.05) is 43.3 Å². The van der Waals surface area contributed by atoms with E-state index in [-0.39, 0.29) is 36.4 Å². The van der Waals surface area contributed by atoms with Gasteiger partial charge in [0.25, 0.3) is 0 Å². The number of hydrogen-bond acceptors (Lipinski definition) is 7. The Hall–Kier alpha value is -3.79. The summed E-state index contributed by atoms with van der Waals surface area (Å²) in [6.45, 7) is 5.39. The number of benzene rings is 2. The smallest absolute Gasteiger partial charge is 0.241 e. The number of aliphatic hydroxyl groups excluding tert-OH is 2. The number of carbonyl (C=O) groups is 2. The van der Waals surface area contributed by atoms with Crippen molar-refractivity contribution in [1.29, 1.82) is 0 Å². The minimum Gasteiger partial charge on any atom is -0.490 e. The summed E-state index contributed by atoms with van der Waals surface area (Å²) >= 11 is 0. The third kappa shape index (κ3) is 10.1. The van der Waals surface area contributed by atoms with Crippen molar-refractivity contribution >= 4 is 11.8 Å². The molecule has 9 nitrogen and oxygen atoms in total. The van der Waals surface area contributed by atoms with Crippen LogP contribution in [0.4, 0.5) is 0 Å². The van der Waals surface area contributed by atoms with Gasteiger partial charge in [-0.25, -0.2) is 0 Å². The molecule has 2 unspecified atom stereocenters. The van der Waals surface area contributed by atoms with Gasteiger partial charge in [-0.15, -0.1) is 0 Å². The van der Waals surface area contributed by atoms with Crippen LogP contribution in [0.3, 0.4) is 0 Å². The average molecular weight is 685 g/mol. The van der Waals surface area contributed by atoms with E-state index in [0.29, 0.717) is 38.3 Å². The average Bonchev–Trinajstić information content (AvgIpc) is 4.06. The van der Waals surface area contributed by atoms with Crippen molar-refractivity contribution < 1.29 is 24.5 Å². The molecule has 270 valence electrons. The lowest BCUT2D eigenvalue weighted by molar-refractivity contribution is -0.139. The molecule has 2 amide bonds. The summed E-state index contributed by atoms with van der Waals surface area (Å²) in [6, 6.07) is 17.2. The van der Waals surface area contributed by atoms with Crippen LogP contribution in [0, 0.1) is 6.92 Å². The molecule has 1 heterocycles. The normalized spacial score (nSPS) is 16.0. The summed E-state index contributed by atoms with van der Waals surface area (Å²) < 4.78 is 6.29. The van der Waals surface area contributed by atoms with Crippen LogP contribution in [0.15, 0.2) is 60.9 Å². The second kappa shape index (κ2) is 17.4. The third-order valence-corrected chi connectivity index (χ3v) is 10.3. The van der Waals surface area contributed by atoms with Crippen molar-refractivity contribution in [1.82, 2.24) is 20.1 Å². The Morgan fingerprint density at radius 1 is 1.02 bits per heavy atom. The zero-order valence-corrected chi connectivity index (χ0v) is 30.4. The molecule has 0 saturated heterocycles. The van der Waals surface area contributed by atoms with E-state index >= 15 is 0 Å². The van der Waals surface area contributed by atoms with Gasteiger partial charge in [-0.2, -0.15) is 0 Å². The summed E-state index contributed by atoms with van der Waals surface area (Å²) in [5, 5.41) is 22.6. The van der Waals surface area contributed by atoms with Crippen LogP contribution in [0.1, 0.15) is 99.3 Å². The molecule has 9 heteroatoms. The van der Waals surface area contributed by atoms with Crippen molar-refractivity contribution in [2.24, 2.45) is 0 Å². The molecule has 3 N–H and O–H groups in total. The molecule has 2 atom stereocenters. The van der Waals surface area contributed by atoms with Gasteiger partial charge in [0.15, 0.2) is 0 Å². The number of pyridine rings is 1. The van der Waals surface area contributed by atoms with Crippen LogP contribution in [0.5, 0.6) is 5.75 Å². The highest BCUT2D eigenvalue weighted by Crippen LogP contribution is 2.50. The maximum atomic E-state index is 13.2. The number of para-hydroxylation sites is 1. The first-order chi connectivity index (χ1) is 24.1. The first kappa shape index (κ1) is 37.5. The predicted octanol–water partition coefficient (Wildman–Crippen LogP) is 6.09. The minimum absolute atomic E-state index is 0.0184. The van der Waals surface area contributed by atoms with Crippen molar-refractivity contribution in [3.63, 3.8) is 0 Å². The first-order valence-corrected chi connectivity index (χ1v) is 18.4. The van der Waals surface area contributed by atoms with Crippen molar-refractivity contribution in [3.8, 4) is 16.9 Å². The summed E-state index contributed by atoms with van der Waals surface area (Å²) in [5.74, 6) is 1.10. The Bertz CT molecular complexity index is 1580. The number of unbranched alkanes of at least 4 members (excludes halogenated alkanes) is 1. The lowest BCUT2D eigenvalue weighted by Crippen LogP contribution is -2.40. The lowest BCUT2D eigenvalue weighted by Gasteiger charge is -2.24. The summed E-state index contributed by atoms with van der Waals surface area (Å²) in [6.07, 6.45) is 11.6. The first-order valence-electron chi connectivity index (χ1n) is 18.4. The summed E-state index contributed by atoms with van der Waals surface area (Å²) in [7, 11) is 3.39. The van der Waals surface area contributed by atoms with Gasteiger partial charge in [0.05, 0.1) is 25.4 Å². The monoisotopic (exact) mass is 684 g/mol. The highest BCUT2D eigenvalue weighted by Gasteiger charge is 2.46. The van der Waals surface area contributed by atoms with E-state index < -0.39 is 6.10 Å². The fraction of sp³-hybridized carbons (Fsp3) is 0.537. The van der Waals surface area contributed by atoms with Gasteiger partial charge in [0.2, 0.25) is 11.8 Å². The number of ether oxygens (including phenoxy) is 1. The Kier molecular flexibility index (Phi) is 13.1. The van der Waals surface area contributed by atoms with Gasteiger partial charge in [0, 0.05) is 57.1 Å². The number of hydrogen-bond donors (Lipinski definition) is 3. The van der Waals surface area contributed by atoms with Gasteiger partial charge < -0.3 is 30.1 Å². The maximum Gasteiger partial charge on any atom is 0.241 e. The number of amides is 2. The van der Waals surface area contributed by atoms with Gasteiger partial charge in [0.1, 0.15) is 5.75 Å². The number of likely N-dealkylation sites (N-methyl/N-ethyl adjacent to an activating group) is 1. The van der Waals surface area contributed by atoms with Gasteiger partial charge >= 0.3 is 0 Å². The molecular weight excluding hydrogens is 628 g/mol. The largest absolute Gasteiger partial charge is 0.490 e. The molecule has 2 aliphatic carbocycles. The zero-order valence-electron chi connectivity index (χ0n) is 30.4. The van der Waals surface area contributed by atoms with Crippen molar-refractivity contribution in [2.75, 3.05) is 33.8 Å². The third-order valence-electron chi connectivity index (χ3n) is 10.3. The molecule has 0 bridgehead atoms. The van der Waals surface area contributed by atoms with E-state index in [9.17, 15) is 14.7 Å². The van der Waals surface area contributed by atoms with E-state index in [1.54, 1.807) is 19.0 Å². The summed E-state index contributed by atoms with van der Waals surface area (Å²) in [5.41, 5.74) is 7.20. The van der Waals surface area contributed by atoms with Crippen molar-refractivity contribution in [3.05, 3.63) is 83.2 Å². The molecule has 0 aliphatic heterocycles. The van der Waals surface area contributed by atoms with E-state index in [1.165, 1.54) is 32.7 Å². The molecule has 0 radical (unpaired) electrons. The molecule has 2 fully saturated rings. The number of aliphatic hydroxyl groups is 2. The molecule has 50 heavy (non-hydrogen) atoms. The Morgan fingerprint density at radius 3 is 2.52 bits per heavy atom. The number of aryl methyl sites for hydroxylation is 1. The minimum atomic E-state index is -0.744. The summed E-state index contributed by atoms with van der Waals surface area (Å²) in [4.78, 5) is 33.4. The van der Waals surface area contributed by atoms with Gasteiger partial charge in [-0.05, 0) is 111 Å². The topological polar surface area (TPSA) is 115 Å². The molecule has 2 saturated carbocycles. The Balaban J connectivity index is 1.18.